The molecule has 0 amide bonds. The molecule has 2 fully saturated rings. The van der Waals surface area contributed by atoms with Crippen molar-refractivity contribution in [2.75, 3.05) is 46.4 Å². The predicted octanol–water partition coefficient (Wildman–Crippen LogP) is 0.910. The maximum absolute atomic E-state index is 6.15. The standard InChI is InChI=1S/C14H29N3O/c1-13(2)12-17(8-7-16(13)3)14(11-15)5-4-9-18-10-6-14/h4-12,15H2,1-3H3. The molecule has 0 saturated carbocycles. The second-order valence-electron chi connectivity index (χ2n) is 6.55. The van der Waals surface area contributed by atoms with Gasteiger partial charge in [-0.3, -0.25) is 9.80 Å². The van der Waals surface area contributed by atoms with Gasteiger partial charge in [0.05, 0.1) is 0 Å². The SMILES string of the molecule is CN1CCN(C2(CN)CCCOCC2)CC1(C)C. The number of piperazine rings is 1. The molecule has 106 valence electrons. The summed E-state index contributed by atoms with van der Waals surface area (Å²) in [5, 5.41) is 0. The number of nitrogens with two attached hydrogens (primary N) is 1. The van der Waals surface area contributed by atoms with Gasteiger partial charge in [0.15, 0.2) is 0 Å². The fourth-order valence-corrected chi connectivity index (χ4v) is 3.29. The van der Waals surface area contributed by atoms with Gasteiger partial charge < -0.3 is 10.5 Å². The lowest BCUT2D eigenvalue weighted by Crippen LogP contribution is -2.65. The van der Waals surface area contributed by atoms with Crippen LogP contribution in [-0.4, -0.2) is 67.3 Å². The number of hydrogen-bond acceptors (Lipinski definition) is 4. The van der Waals surface area contributed by atoms with Crippen LogP contribution in [0.15, 0.2) is 0 Å². The molecule has 18 heavy (non-hydrogen) atoms. The Kier molecular flexibility index (Phi) is 4.32. The average molecular weight is 255 g/mol. The zero-order valence-corrected chi connectivity index (χ0v) is 12.2. The van der Waals surface area contributed by atoms with Crippen molar-refractivity contribution < 1.29 is 4.74 Å². The normalized spacial score (nSPS) is 35.3. The highest BCUT2D eigenvalue weighted by molar-refractivity contribution is 4.99. The van der Waals surface area contributed by atoms with Crippen molar-refractivity contribution in [2.24, 2.45) is 5.73 Å². The van der Waals surface area contributed by atoms with Crippen LogP contribution in [0, 0.1) is 0 Å². The van der Waals surface area contributed by atoms with Gasteiger partial charge in [-0.2, -0.15) is 0 Å². The van der Waals surface area contributed by atoms with Crippen molar-refractivity contribution in [1.29, 1.82) is 0 Å². The van der Waals surface area contributed by atoms with Gasteiger partial charge >= 0.3 is 0 Å². The van der Waals surface area contributed by atoms with Crippen LogP contribution in [0.2, 0.25) is 0 Å². The van der Waals surface area contributed by atoms with Gasteiger partial charge in [0.2, 0.25) is 0 Å². The number of likely N-dealkylation sites (N-methyl/N-ethyl adjacent to an activating group) is 1. The van der Waals surface area contributed by atoms with Crippen molar-refractivity contribution in [1.82, 2.24) is 9.80 Å². The van der Waals surface area contributed by atoms with Gasteiger partial charge in [0.1, 0.15) is 0 Å². The first-order valence-corrected chi connectivity index (χ1v) is 7.24. The molecule has 2 heterocycles. The first-order valence-electron chi connectivity index (χ1n) is 7.24. The van der Waals surface area contributed by atoms with E-state index in [1.54, 1.807) is 0 Å². The van der Waals surface area contributed by atoms with Crippen molar-refractivity contribution in [3.05, 3.63) is 0 Å². The van der Waals surface area contributed by atoms with E-state index in [-0.39, 0.29) is 11.1 Å². The maximum Gasteiger partial charge on any atom is 0.0484 e. The first-order chi connectivity index (χ1) is 8.50. The van der Waals surface area contributed by atoms with Crippen LogP contribution in [0.3, 0.4) is 0 Å². The molecule has 4 heteroatoms. The van der Waals surface area contributed by atoms with Gasteiger partial charge in [0.25, 0.3) is 0 Å². The molecule has 0 bridgehead atoms. The molecular weight excluding hydrogens is 226 g/mol. The molecule has 2 saturated heterocycles. The summed E-state index contributed by atoms with van der Waals surface area (Å²) in [5.41, 5.74) is 6.57. The van der Waals surface area contributed by atoms with E-state index in [0.29, 0.717) is 0 Å². The monoisotopic (exact) mass is 255 g/mol. The number of nitrogens with zero attached hydrogens (tertiary/aromatic N) is 2. The molecule has 0 aliphatic carbocycles. The Labute approximate surface area is 111 Å². The fourth-order valence-electron chi connectivity index (χ4n) is 3.29. The van der Waals surface area contributed by atoms with Gasteiger partial charge in [-0.25, -0.2) is 0 Å². The first kappa shape index (κ1) is 14.3. The molecule has 2 aliphatic rings. The quantitative estimate of drug-likeness (QED) is 0.796. The molecular formula is C14H29N3O. The lowest BCUT2D eigenvalue weighted by molar-refractivity contribution is -0.0297. The van der Waals surface area contributed by atoms with Crippen LogP contribution >= 0.6 is 0 Å². The van der Waals surface area contributed by atoms with E-state index in [9.17, 15) is 0 Å². The highest BCUT2D eigenvalue weighted by Crippen LogP contribution is 2.32. The molecule has 4 nitrogen and oxygen atoms in total. The minimum atomic E-state index is 0.176. The van der Waals surface area contributed by atoms with E-state index in [1.807, 2.05) is 0 Å². The summed E-state index contributed by atoms with van der Waals surface area (Å²) in [5.74, 6) is 0. The molecule has 1 unspecified atom stereocenters. The van der Waals surface area contributed by atoms with Gasteiger partial charge in [0, 0.05) is 50.5 Å². The van der Waals surface area contributed by atoms with Gasteiger partial charge in [-0.1, -0.05) is 0 Å². The third-order valence-corrected chi connectivity index (χ3v) is 5.01. The molecule has 2 rings (SSSR count). The van der Waals surface area contributed by atoms with Crippen molar-refractivity contribution in [3.63, 3.8) is 0 Å². The topological polar surface area (TPSA) is 41.7 Å². The minimum Gasteiger partial charge on any atom is -0.381 e. The fraction of sp³-hybridized carbons (Fsp3) is 1.00. The smallest absolute Gasteiger partial charge is 0.0484 e. The lowest BCUT2D eigenvalue weighted by Gasteiger charge is -2.53. The largest absolute Gasteiger partial charge is 0.381 e. The molecule has 2 N–H and O–H groups in total. The summed E-state index contributed by atoms with van der Waals surface area (Å²) in [7, 11) is 2.22. The second-order valence-corrected chi connectivity index (χ2v) is 6.55. The van der Waals surface area contributed by atoms with Crippen molar-refractivity contribution in [3.8, 4) is 0 Å². The Morgan fingerprint density at radius 2 is 1.94 bits per heavy atom. The van der Waals surface area contributed by atoms with Crippen LogP contribution in [0.25, 0.3) is 0 Å². The molecule has 1 atom stereocenters. The van der Waals surface area contributed by atoms with E-state index in [0.717, 1.165) is 52.2 Å². The van der Waals surface area contributed by atoms with Crippen LogP contribution in [0.4, 0.5) is 0 Å². The summed E-state index contributed by atoms with van der Waals surface area (Å²) in [6.45, 7) is 10.6. The van der Waals surface area contributed by atoms with Crippen molar-refractivity contribution in [2.45, 2.75) is 44.2 Å². The highest BCUT2D eigenvalue weighted by Gasteiger charge is 2.42. The number of hydrogen-bond donors (Lipinski definition) is 1. The summed E-state index contributed by atoms with van der Waals surface area (Å²) in [4.78, 5) is 5.10. The third-order valence-electron chi connectivity index (χ3n) is 5.01. The van der Waals surface area contributed by atoms with E-state index in [2.05, 4.69) is 30.7 Å². The Morgan fingerprint density at radius 3 is 2.61 bits per heavy atom. The molecule has 0 spiro atoms. The van der Waals surface area contributed by atoms with Gasteiger partial charge in [-0.05, 0) is 40.2 Å². The summed E-state index contributed by atoms with van der Waals surface area (Å²) in [6.07, 6.45) is 3.41. The Bertz CT molecular complexity index is 272. The van der Waals surface area contributed by atoms with Gasteiger partial charge in [-0.15, -0.1) is 0 Å². The predicted molar refractivity (Wildman–Crippen MR) is 74.7 cm³/mol. The Balaban J connectivity index is 2.12. The number of rotatable bonds is 2. The Hall–Kier alpha value is -0.160. The summed E-state index contributed by atoms with van der Waals surface area (Å²) in [6, 6.07) is 0. The van der Waals surface area contributed by atoms with E-state index in [1.165, 1.54) is 6.42 Å². The molecule has 0 aromatic carbocycles. The lowest BCUT2D eigenvalue weighted by atomic mass is 9.85. The zero-order chi connectivity index (χ0) is 13.2. The highest BCUT2D eigenvalue weighted by atomic mass is 16.5. The average Bonchev–Trinajstić information content (AvgIpc) is 2.59. The maximum atomic E-state index is 6.15. The van der Waals surface area contributed by atoms with E-state index in [4.69, 9.17) is 10.5 Å². The molecule has 0 radical (unpaired) electrons. The van der Waals surface area contributed by atoms with E-state index < -0.39 is 0 Å². The zero-order valence-electron chi connectivity index (χ0n) is 12.2. The second kappa shape index (κ2) is 5.45. The molecule has 0 aromatic rings. The summed E-state index contributed by atoms with van der Waals surface area (Å²) >= 11 is 0. The van der Waals surface area contributed by atoms with Crippen molar-refractivity contribution >= 4 is 0 Å². The third kappa shape index (κ3) is 2.72. The van der Waals surface area contributed by atoms with Crippen LogP contribution in [0.1, 0.15) is 33.1 Å². The minimum absolute atomic E-state index is 0.176. The van der Waals surface area contributed by atoms with Crippen LogP contribution in [-0.2, 0) is 4.74 Å². The summed E-state index contributed by atoms with van der Waals surface area (Å²) < 4.78 is 5.62. The molecule has 0 aromatic heterocycles. The number of ether oxygens (including phenoxy) is 1. The van der Waals surface area contributed by atoms with Crippen LogP contribution in [0.5, 0.6) is 0 Å². The molecule has 2 aliphatic heterocycles. The van der Waals surface area contributed by atoms with E-state index >= 15 is 0 Å². The Morgan fingerprint density at radius 1 is 1.17 bits per heavy atom. The van der Waals surface area contributed by atoms with Crippen LogP contribution < -0.4 is 5.73 Å².